The van der Waals surface area contributed by atoms with Crippen LogP contribution in [0.1, 0.15) is 23.6 Å². The first kappa shape index (κ1) is 23.7. The second kappa shape index (κ2) is 9.44. The Kier molecular flexibility index (Phi) is 5.60. The van der Waals surface area contributed by atoms with E-state index in [0.717, 1.165) is 55.0 Å². The van der Waals surface area contributed by atoms with E-state index in [9.17, 15) is 4.79 Å². The standard InChI is InChI=1S/C36H25N3O/c1-23(25-13-5-3-6-14-25)37-35(26-15-7-4-8-16-26)38-24(2)27-21-31-28-17-9-10-19-30(28)36(40)39-33-20-12-11-18-29(33)32(22-27)34(31)39/h3-22H,1H2,2H3. The van der Waals surface area contributed by atoms with Crippen LogP contribution < -0.4 is 5.56 Å². The van der Waals surface area contributed by atoms with Crippen molar-refractivity contribution in [3.05, 3.63) is 155 Å². The number of benzene rings is 5. The summed E-state index contributed by atoms with van der Waals surface area (Å²) in [7, 11) is 0. The van der Waals surface area contributed by atoms with Crippen molar-refractivity contribution in [2.45, 2.75) is 6.92 Å². The van der Waals surface area contributed by atoms with E-state index in [1.54, 1.807) is 0 Å². The Morgan fingerprint density at radius 2 is 1.15 bits per heavy atom. The van der Waals surface area contributed by atoms with Crippen LogP contribution in [0.25, 0.3) is 43.7 Å². The van der Waals surface area contributed by atoms with Crippen molar-refractivity contribution in [3.8, 4) is 0 Å². The van der Waals surface area contributed by atoms with Gasteiger partial charge in [-0.1, -0.05) is 104 Å². The topological polar surface area (TPSA) is 46.2 Å². The Balaban J connectivity index is 1.49. The SMILES string of the molecule is C=C(N=C(N=C(C)c1cc2c3ccccc3c(=O)n3c4ccccc4c(c1)c23)c1ccccc1)c1ccccc1. The van der Waals surface area contributed by atoms with Gasteiger partial charge in [-0.05, 0) is 47.7 Å². The van der Waals surface area contributed by atoms with Gasteiger partial charge in [-0.2, -0.15) is 0 Å². The number of para-hydroxylation sites is 1. The number of aromatic nitrogens is 1. The highest BCUT2D eigenvalue weighted by molar-refractivity contribution is 6.23. The molecular formula is C36H25N3O. The fourth-order valence-corrected chi connectivity index (χ4v) is 5.54. The molecule has 2 aromatic heterocycles. The molecule has 4 heteroatoms. The molecule has 0 radical (unpaired) electrons. The fraction of sp³-hybridized carbons (Fsp3) is 0.0278. The molecule has 0 amide bonds. The number of aliphatic imine (C=N–C) groups is 2. The monoisotopic (exact) mass is 515 g/mol. The maximum absolute atomic E-state index is 13.6. The molecule has 0 aliphatic rings. The van der Waals surface area contributed by atoms with Crippen LogP contribution in [0.3, 0.4) is 0 Å². The third kappa shape index (κ3) is 3.81. The Morgan fingerprint density at radius 3 is 1.85 bits per heavy atom. The van der Waals surface area contributed by atoms with Gasteiger partial charge >= 0.3 is 0 Å². The van der Waals surface area contributed by atoms with Crippen LogP contribution in [0.4, 0.5) is 0 Å². The van der Waals surface area contributed by atoms with Crippen LogP contribution in [0.2, 0.25) is 0 Å². The first-order valence-electron chi connectivity index (χ1n) is 13.3. The highest BCUT2D eigenvalue weighted by Gasteiger charge is 2.18. The Morgan fingerprint density at radius 1 is 0.600 bits per heavy atom. The Labute approximate surface area is 231 Å². The minimum absolute atomic E-state index is 0.00496. The normalized spacial score (nSPS) is 12.6. The molecule has 0 saturated carbocycles. The van der Waals surface area contributed by atoms with Crippen LogP contribution >= 0.6 is 0 Å². The van der Waals surface area contributed by atoms with Crippen molar-refractivity contribution in [1.29, 1.82) is 0 Å². The molecule has 0 unspecified atom stereocenters. The molecule has 0 spiro atoms. The summed E-state index contributed by atoms with van der Waals surface area (Å²) in [4.78, 5) is 23.6. The van der Waals surface area contributed by atoms with Gasteiger partial charge in [-0.25, -0.2) is 9.98 Å². The van der Waals surface area contributed by atoms with E-state index in [2.05, 4.69) is 24.8 Å². The summed E-state index contributed by atoms with van der Waals surface area (Å²) in [6.07, 6.45) is 0. The maximum atomic E-state index is 13.6. The number of hydrogen-bond acceptors (Lipinski definition) is 2. The Hall–Kier alpha value is -5.35. The summed E-state index contributed by atoms with van der Waals surface area (Å²) in [5.74, 6) is 0.596. The van der Waals surface area contributed by atoms with Gasteiger partial charge in [0.15, 0.2) is 5.84 Å². The highest BCUT2D eigenvalue weighted by Crippen LogP contribution is 2.35. The molecule has 0 bridgehead atoms. The predicted molar refractivity (Wildman–Crippen MR) is 168 cm³/mol. The van der Waals surface area contributed by atoms with Gasteiger partial charge in [-0.3, -0.25) is 9.20 Å². The molecule has 7 aromatic rings. The van der Waals surface area contributed by atoms with E-state index in [0.29, 0.717) is 16.9 Å². The van der Waals surface area contributed by atoms with Crippen molar-refractivity contribution in [2.75, 3.05) is 0 Å². The second-order valence-electron chi connectivity index (χ2n) is 9.93. The lowest BCUT2D eigenvalue weighted by Gasteiger charge is -2.10. The van der Waals surface area contributed by atoms with E-state index < -0.39 is 0 Å². The molecule has 40 heavy (non-hydrogen) atoms. The van der Waals surface area contributed by atoms with Crippen LogP contribution in [-0.4, -0.2) is 15.9 Å². The summed E-state index contributed by atoms with van der Waals surface area (Å²) in [5, 5.41) is 4.75. The maximum Gasteiger partial charge on any atom is 0.263 e. The molecule has 0 aliphatic carbocycles. The molecule has 0 atom stereocenters. The van der Waals surface area contributed by atoms with Crippen LogP contribution in [-0.2, 0) is 0 Å². The smallest absolute Gasteiger partial charge is 0.263 e. The third-order valence-electron chi connectivity index (χ3n) is 7.49. The van der Waals surface area contributed by atoms with Crippen molar-refractivity contribution in [3.63, 3.8) is 0 Å². The van der Waals surface area contributed by atoms with E-state index in [-0.39, 0.29) is 5.56 Å². The number of pyridine rings is 1. The molecule has 2 heterocycles. The largest absolute Gasteiger partial charge is 0.275 e. The first-order chi connectivity index (χ1) is 19.6. The summed E-state index contributed by atoms with van der Waals surface area (Å²) in [5.41, 5.74) is 6.17. The number of fused-ring (bicyclic) bond motifs is 5. The van der Waals surface area contributed by atoms with Gasteiger partial charge in [-0.15, -0.1) is 0 Å². The minimum Gasteiger partial charge on any atom is -0.275 e. The van der Waals surface area contributed by atoms with Gasteiger partial charge in [0.25, 0.3) is 5.56 Å². The second-order valence-corrected chi connectivity index (χ2v) is 9.93. The van der Waals surface area contributed by atoms with E-state index >= 15 is 0 Å². The first-order valence-corrected chi connectivity index (χ1v) is 13.3. The molecule has 190 valence electrons. The molecule has 4 nitrogen and oxygen atoms in total. The third-order valence-corrected chi connectivity index (χ3v) is 7.49. The van der Waals surface area contributed by atoms with Crippen LogP contribution in [0, 0.1) is 0 Å². The quantitative estimate of drug-likeness (QED) is 0.133. The lowest BCUT2D eigenvalue weighted by atomic mass is 9.99. The van der Waals surface area contributed by atoms with Crippen LogP contribution in [0.15, 0.2) is 143 Å². The number of rotatable bonds is 4. The van der Waals surface area contributed by atoms with E-state index in [1.165, 1.54) is 0 Å². The summed E-state index contributed by atoms with van der Waals surface area (Å²) in [6.45, 7) is 6.23. The molecule has 7 rings (SSSR count). The average molecular weight is 516 g/mol. The molecule has 0 N–H and O–H groups in total. The lowest BCUT2D eigenvalue weighted by Crippen LogP contribution is -2.13. The molecule has 5 aromatic carbocycles. The number of hydrogen-bond donors (Lipinski definition) is 0. The predicted octanol–water partition coefficient (Wildman–Crippen LogP) is 8.12. The summed E-state index contributed by atoms with van der Waals surface area (Å²) in [6, 6.07) is 40.1. The fourth-order valence-electron chi connectivity index (χ4n) is 5.54. The zero-order valence-electron chi connectivity index (χ0n) is 22.0. The number of nitrogens with zero attached hydrogens (tertiary/aromatic N) is 3. The van der Waals surface area contributed by atoms with Crippen LogP contribution in [0.5, 0.6) is 0 Å². The van der Waals surface area contributed by atoms with Gasteiger partial charge in [0.2, 0.25) is 0 Å². The number of amidine groups is 1. The minimum atomic E-state index is 0.00496. The molecule has 0 aliphatic heterocycles. The zero-order chi connectivity index (χ0) is 27.2. The lowest BCUT2D eigenvalue weighted by molar-refractivity contribution is 1.21. The summed E-state index contributed by atoms with van der Waals surface area (Å²) < 4.78 is 1.86. The van der Waals surface area contributed by atoms with Gasteiger partial charge < -0.3 is 0 Å². The zero-order valence-corrected chi connectivity index (χ0v) is 22.0. The van der Waals surface area contributed by atoms with E-state index in [1.807, 2.05) is 114 Å². The highest BCUT2D eigenvalue weighted by atomic mass is 16.1. The van der Waals surface area contributed by atoms with Crippen molar-refractivity contribution < 1.29 is 0 Å². The van der Waals surface area contributed by atoms with Gasteiger partial charge in [0.1, 0.15) is 0 Å². The Bertz CT molecular complexity index is 2190. The molecule has 0 fully saturated rings. The van der Waals surface area contributed by atoms with Crippen molar-refractivity contribution in [2.24, 2.45) is 9.98 Å². The molecular weight excluding hydrogens is 490 g/mol. The van der Waals surface area contributed by atoms with E-state index in [4.69, 9.17) is 9.98 Å². The van der Waals surface area contributed by atoms with Crippen molar-refractivity contribution in [1.82, 2.24) is 4.40 Å². The summed E-state index contributed by atoms with van der Waals surface area (Å²) >= 11 is 0. The van der Waals surface area contributed by atoms with Gasteiger partial charge in [0, 0.05) is 32.8 Å². The van der Waals surface area contributed by atoms with Crippen molar-refractivity contribution >= 4 is 55.2 Å². The van der Waals surface area contributed by atoms with Gasteiger partial charge in [0.05, 0.1) is 16.7 Å². The molecule has 0 saturated heterocycles. The average Bonchev–Trinajstić information content (AvgIpc) is 3.35.